The second-order valence-electron chi connectivity index (χ2n) is 12.1. The third kappa shape index (κ3) is 3.67. The zero-order valence-corrected chi connectivity index (χ0v) is 24.9. The summed E-state index contributed by atoms with van der Waals surface area (Å²) in [5.41, 5.74) is 10.1. The Kier molecular flexibility index (Phi) is 5.37. The maximum Gasteiger partial charge on any atom is 0.165 e. The van der Waals surface area contributed by atoms with Gasteiger partial charge in [0.25, 0.3) is 0 Å². The number of allylic oxidation sites excluding steroid dienone is 4. The highest BCUT2D eigenvalue weighted by molar-refractivity contribution is 6.23. The molecule has 6 aromatic carbocycles. The lowest BCUT2D eigenvalue weighted by atomic mass is 9.98. The molecule has 0 fully saturated rings. The Hall–Kier alpha value is -6.00. The van der Waals surface area contributed by atoms with E-state index >= 15 is 0 Å². The number of rotatable bonds is 3. The number of hydrogen-bond acceptors (Lipinski definition) is 3. The van der Waals surface area contributed by atoms with Gasteiger partial charge in [-0.3, -0.25) is 4.57 Å². The second kappa shape index (κ2) is 9.75. The van der Waals surface area contributed by atoms with Crippen LogP contribution in [0.4, 0.5) is 0 Å². The van der Waals surface area contributed by atoms with Gasteiger partial charge in [0.15, 0.2) is 5.82 Å². The molecule has 3 heterocycles. The first kappa shape index (κ1) is 25.3. The van der Waals surface area contributed by atoms with Crippen LogP contribution in [0.2, 0.25) is 0 Å². The van der Waals surface area contributed by atoms with Gasteiger partial charge < -0.3 is 4.42 Å². The van der Waals surface area contributed by atoms with Gasteiger partial charge in [0, 0.05) is 27.1 Å². The molecule has 1 aliphatic carbocycles. The molecule has 4 nitrogen and oxygen atoms in total. The lowest BCUT2D eigenvalue weighted by Gasteiger charge is -2.17. The van der Waals surface area contributed by atoms with Crippen molar-refractivity contribution >= 4 is 71.1 Å². The Labute approximate surface area is 264 Å². The maximum atomic E-state index is 6.21. The van der Waals surface area contributed by atoms with Gasteiger partial charge in [-0.1, -0.05) is 103 Å². The minimum atomic E-state index is 0.842. The molecule has 1 aliphatic rings. The van der Waals surface area contributed by atoms with E-state index in [0.29, 0.717) is 0 Å². The molecular formula is C42H27N3O. The standard InChI is InChI=1S/C42H27N3O/c1-2-12-27(13-3-1)40-42(44-35-19-8-7-18-34(35)43-40)45-36-23-21-26-11-4-5-14-29(26)39(36)32-17-10-16-30(41(32)45)28-22-24-38-33(25-28)31-15-6-9-20-37(31)46-38/h2,4-25H,1,3H2. The van der Waals surface area contributed by atoms with E-state index < -0.39 is 0 Å². The van der Waals surface area contributed by atoms with E-state index in [2.05, 4.69) is 120 Å². The normalized spacial score (nSPS) is 13.5. The van der Waals surface area contributed by atoms with Gasteiger partial charge in [0.05, 0.1) is 22.1 Å². The molecule has 10 rings (SSSR count). The monoisotopic (exact) mass is 589 g/mol. The molecule has 9 aromatic rings. The fourth-order valence-corrected chi connectivity index (χ4v) is 7.31. The van der Waals surface area contributed by atoms with Crippen LogP contribution in [0.25, 0.3) is 88.1 Å². The van der Waals surface area contributed by atoms with Crippen LogP contribution < -0.4 is 0 Å². The molecular weight excluding hydrogens is 562 g/mol. The number of aromatic nitrogens is 3. The Bertz CT molecular complexity index is 2760. The topological polar surface area (TPSA) is 43.9 Å². The zero-order valence-electron chi connectivity index (χ0n) is 24.9. The average molecular weight is 590 g/mol. The fraction of sp³-hybridized carbons (Fsp3) is 0.0476. The highest BCUT2D eigenvalue weighted by Crippen LogP contribution is 2.43. The van der Waals surface area contributed by atoms with E-state index in [1.165, 1.54) is 21.5 Å². The third-order valence-electron chi connectivity index (χ3n) is 9.40. The van der Waals surface area contributed by atoms with Gasteiger partial charge in [-0.2, -0.15) is 0 Å². The van der Waals surface area contributed by atoms with Gasteiger partial charge in [-0.15, -0.1) is 0 Å². The van der Waals surface area contributed by atoms with Crippen molar-refractivity contribution in [2.45, 2.75) is 12.8 Å². The summed E-state index contributed by atoms with van der Waals surface area (Å²) in [6.07, 6.45) is 8.77. The highest BCUT2D eigenvalue weighted by Gasteiger charge is 2.23. The first-order valence-electron chi connectivity index (χ1n) is 15.8. The van der Waals surface area contributed by atoms with E-state index in [1.807, 2.05) is 24.3 Å². The van der Waals surface area contributed by atoms with Crippen molar-refractivity contribution in [1.29, 1.82) is 0 Å². The molecule has 0 saturated heterocycles. The van der Waals surface area contributed by atoms with Crippen molar-refractivity contribution in [2.75, 3.05) is 0 Å². The number of hydrogen-bond donors (Lipinski definition) is 0. The number of fused-ring (bicyclic) bond motifs is 9. The van der Waals surface area contributed by atoms with Crippen LogP contribution in [-0.2, 0) is 0 Å². The largest absolute Gasteiger partial charge is 0.456 e. The first-order valence-corrected chi connectivity index (χ1v) is 15.8. The summed E-state index contributed by atoms with van der Waals surface area (Å²) in [5.74, 6) is 0.842. The van der Waals surface area contributed by atoms with Gasteiger partial charge >= 0.3 is 0 Å². The zero-order chi connectivity index (χ0) is 30.2. The van der Waals surface area contributed by atoms with E-state index in [-0.39, 0.29) is 0 Å². The van der Waals surface area contributed by atoms with Gasteiger partial charge in [-0.25, -0.2) is 9.97 Å². The van der Waals surface area contributed by atoms with Crippen molar-refractivity contribution in [3.8, 4) is 16.9 Å². The number of benzene rings is 6. The molecule has 0 radical (unpaired) electrons. The van der Waals surface area contributed by atoms with E-state index in [9.17, 15) is 0 Å². The predicted octanol–water partition coefficient (Wildman–Crippen LogP) is 11.2. The van der Waals surface area contributed by atoms with Crippen LogP contribution in [0.15, 0.2) is 144 Å². The Balaban J connectivity index is 1.38. The van der Waals surface area contributed by atoms with E-state index in [1.54, 1.807) is 0 Å². The smallest absolute Gasteiger partial charge is 0.165 e. The maximum absolute atomic E-state index is 6.21. The van der Waals surface area contributed by atoms with Crippen molar-refractivity contribution in [3.63, 3.8) is 0 Å². The highest BCUT2D eigenvalue weighted by atomic mass is 16.3. The molecule has 0 atom stereocenters. The van der Waals surface area contributed by atoms with Crippen LogP contribution in [0.3, 0.4) is 0 Å². The molecule has 46 heavy (non-hydrogen) atoms. The minimum absolute atomic E-state index is 0.842. The molecule has 0 aliphatic heterocycles. The van der Waals surface area contributed by atoms with E-state index in [4.69, 9.17) is 14.4 Å². The quantitative estimate of drug-likeness (QED) is 0.206. The third-order valence-corrected chi connectivity index (χ3v) is 9.40. The average Bonchev–Trinajstić information content (AvgIpc) is 3.67. The van der Waals surface area contributed by atoms with Gasteiger partial charge in [-0.05, 0) is 71.1 Å². The van der Waals surface area contributed by atoms with E-state index in [0.717, 1.165) is 85.1 Å². The minimum Gasteiger partial charge on any atom is -0.456 e. The SMILES string of the molecule is C1=CC(c2nc3ccccc3nc2-n2c3ccc4ccccc4c3c3cccc(-c4ccc5oc6ccccc6c5c4)c32)=CCC1. The molecule has 3 aromatic heterocycles. The van der Waals surface area contributed by atoms with Crippen LogP contribution in [0, 0.1) is 0 Å². The lowest BCUT2D eigenvalue weighted by Crippen LogP contribution is -2.06. The second-order valence-corrected chi connectivity index (χ2v) is 12.1. The van der Waals surface area contributed by atoms with Crippen molar-refractivity contribution < 1.29 is 4.42 Å². The van der Waals surface area contributed by atoms with Crippen molar-refractivity contribution in [2.24, 2.45) is 0 Å². The van der Waals surface area contributed by atoms with Crippen LogP contribution in [0.1, 0.15) is 18.5 Å². The Morgan fingerprint density at radius 1 is 0.609 bits per heavy atom. The molecule has 0 bridgehead atoms. The van der Waals surface area contributed by atoms with Gasteiger partial charge in [0.2, 0.25) is 0 Å². The van der Waals surface area contributed by atoms with Crippen LogP contribution >= 0.6 is 0 Å². The summed E-state index contributed by atoms with van der Waals surface area (Å²) in [6.45, 7) is 0. The number of furan rings is 1. The van der Waals surface area contributed by atoms with Gasteiger partial charge in [0.1, 0.15) is 16.9 Å². The van der Waals surface area contributed by atoms with Crippen LogP contribution in [-0.4, -0.2) is 14.5 Å². The fourth-order valence-electron chi connectivity index (χ4n) is 7.31. The van der Waals surface area contributed by atoms with Crippen molar-refractivity contribution in [3.05, 3.63) is 145 Å². The molecule has 0 spiro atoms. The molecule has 0 N–H and O–H groups in total. The molecule has 216 valence electrons. The Morgan fingerprint density at radius 2 is 1.39 bits per heavy atom. The summed E-state index contributed by atoms with van der Waals surface area (Å²) in [5, 5.41) is 7.09. The first-order chi connectivity index (χ1) is 22.8. The summed E-state index contributed by atoms with van der Waals surface area (Å²) >= 11 is 0. The summed E-state index contributed by atoms with van der Waals surface area (Å²) < 4.78 is 8.57. The number of para-hydroxylation sites is 4. The molecule has 0 saturated carbocycles. The molecule has 4 heteroatoms. The number of nitrogens with zero attached hydrogens (tertiary/aromatic N) is 3. The summed E-state index contributed by atoms with van der Waals surface area (Å²) in [7, 11) is 0. The molecule has 0 amide bonds. The summed E-state index contributed by atoms with van der Waals surface area (Å²) in [4.78, 5) is 10.7. The Morgan fingerprint density at radius 3 is 2.28 bits per heavy atom. The summed E-state index contributed by atoms with van der Waals surface area (Å²) in [6, 6.07) is 42.8. The lowest BCUT2D eigenvalue weighted by molar-refractivity contribution is 0.669. The van der Waals surface area contributed by atoms with Crippen molar-refractivity contribution in [1.82, 2.24) is 14.5 Å². The van der Waals surface area contributed by atoms with Crippen LogP contribution in [0.5, 0.6) is 0 Å². The molecule has 0 unspecified atom stereocenters. The predicted molar refractivity (Wildman–Crippen MR) is 190 cm³/mol.